The van der Waals surface area contributed by atoms with Crippen molar-refractivity contribution in [1.82, 2.24) is 10.6 Å². The summed E-state index contributed by atoms with van der Waals surface area (Å²) in [6.45, 7) is 0.350. The van der Waals surface area contributed by atoms with Crippen LogP contribution in [-0.4, -0.2) is 30.3 Å². The van der Waals surface area contributed by atoms with Crippen molar-refractivity contribution < 1.29 is 14.4 Å². The molecule has 140 valence electrons. The van der Waals surface area contributed by atoms with E-state index in [1.165, 1.54) is 0 Å². The van der Waals surface area contributed by atoms with Gasteiger partial charge in [-0.2, -0.15) is 0 Å². The lowest BCUT2D eigenvalue weighted by Gasteiger charge is -2.14. The Labute approximate surface area is 166 Å². The molecule has 0 aromatic heterocycles. The highest BCUT2D eigenvalue weighted by molar-refractivity contribution is 6.35. The normalized spacial score (nSPS) is 16.0. The van der Waals surface area contributed by atoms with Gasteiger partial charge in [0.1, 0.15) is 6.04 Å². The summed E-state index contributed by atoms with van der Waals surface area (Å²) in [5, 5.41) is 9.08. The Kier molecular flexibility index (Phi) is 5.98. The van der Waals surface area contributed by atoms with Gasteiger partial charge in [-0.1, -0.05) is 41.4 Å². The first-order valence-electron chi connectivity index (χ1n) is 8.35. The number of para-hydroxylation sites is 1. The van der Waals surface area contributed by atoms with E-state index < -0.39 is 17.9 Å². The molecule has 0 saturated carbocycles. The molecule has 8 heteroatoms. The van der Waals surface area contributed by atoms with Gasteiger partial charge < -0.3 is 16.0 Å². The maximum absolute atomic E-state index is 12.3. The minimum Gasteiger partial charge on any atom is -0.356 e. The Hall–Kier alpha value is -2.57. The Balaban J connectivity index is 1.55. The number of halogens is 2. The van der Waals surface area contributed by atoms with Gasteiger partial charge in [0.2, 0.25) is 11.8 Å². The van der Waals surface area contributed by atoms with Gasteiger partial charge in [-0.3, -0.25) is 14.4 Å². The number of benzene rings is 2. The Morgan fingerprint density at radius 3 is 2.67 bits per heavy atom. The number of hydrogen-bond donors (Lipinski definition) is 3. The second-order valence-corrected chi connectivity index (χ2v) is 6.94. The van der Waals surface area contributed by atoms with Gasteiger partial charge in [-0.05, 0) is 36.2 Å². The molecule has 2 aromatic carbocycles. The van der Waals surface area contributed by atoms with Crippen LogP contribution < -0.4 is 16.0 Å². The lowest BCUT2D eigenvalue weighted by Crippen LogP contribution is -2.44. The lowest BCUT2D eigenvalue weighted by atomic mass is 10.1. The van der Waals surface area contributed by atoms with Crippen LogP contribution in [0.3, 0.4) is 0 Å². The van der Waals surface area contributed by atoms with Crippen molar-refractivity contribution in [2.75, 3.05) is 11.9 Å². The first-order chi connectivity index (χ1) is 12.9. The van der Waals surface area contributed by atoms with E-state index >= 15 is 0 Å². The predicted octanol–water partition coefficient (Wildman–Crippen LogP) is 2.79. The SMILES string of the molecule is O=C(C[C@@H]1NC(=O)c2ccccc2NC1=O)NCCc1ccc(Cl)cc1Cl. The molecular formula is C19H17Cl2N3O3. The minimum atomic E-state index is -0.941. The summed E-state index contributed by atoms with van der Waals surface area (Å²) in [5.74, 6) is -1.16. The predicted molar refractivity (Wildman–Crippen MR) is 104 cm³/mol. The van der Waals surface area contributed by atoms with Crippen molar-refractivity contribution >= 4 is 46.6 Å². The van der Waals surface area contributed by atoms with Crippen molar-refractivity contribution in [3.8, 4) is 0 Å². The third kappa shape index (κ3) is 4.78. The van der Waals surface area contributed by atoms with Crippen LogP contribution in [0.1, 0.15) is 22.3 Å². The number of anilines is 1. The molecule has 3 amide bonds. The third-order valence-electron chi connectivity index (χ3n) is 4.17. The minimum absolute atomic E-state index is 0.153. The summed E-state index contributed by atoms with van der Waals surface area (Å²) in [6, 6.07) is 10.9. The number of carbonyl (C=O) groups is 3. The Morgan fingerprint density at radius 2 is 1.89 bits per heavy atom. The van der Waals surface area contributed by atoms with Gasteiger partial charge in [-0.15, -0.1) is 0 Å². The number of fused-ring (bicyclic) bond motifs is 1. The van der Waals surface area contributed by atoms with Gasteiger partial charge in [0, 0.05) is 16.6 Å². The molecule has 2 aromatic rings. The zero-order valence-corrected chi connectivity index (χ0v) is 15.7. The van der Waals surface area contributed by atoms with Crippen LogP contribution in [0.4, 0.5) is 5.69 Å². The van der Waals surface area contributed by atoms with Crippen LogP contribution in [0.15, 0.2) is 42.5 Å². The maximum Gasteiger partial charge on any atom is 0.254 e. The van der Waals surface area contributed by atoms with Crippen molar-refractivity contribution in [3.05, 3.63) is 63.6 Å². The monoisotopic (exact) mass is 405 g/mol. The van der Waals surface area contributed by atoms with Crippen molar-refractivity contribution in [1.29, 1.82) is 0 Å². The van der Waals surface area contributed by atoms with E-state index in [2.05, 4.69) is 16.0 Å². The Morgan fingerprint density at radius 1 is 1.11 bits per heavy atom. The van der Waals surface area contributed by atoms with Crippen molar-refractivity contribution in [2.24, 2.45) is 0 Å². The molecule has 0 bridgehead atoms. The fraction of sp³-hybridized carbons (Fsp3) is 0.211. The van der Waals surface area contributed by atoms with Crippen LogP contribution in [0.2, 0.25) is 10.0 Å². The number of nitrogens with one attached hydrogen (secondary N) is 3. The molecule has 0 fully saturated rings. The van der Waals surface area contributed by atoms with Gasteiger partial charge >= 0.3 is 0 Å². The van der Waals surface area contributed by atoms with Gasteiger partial charge in [0.25, 0.3) is 5.91 Å². The van der Waals surface area contributed by atoms with E-state index in [9.17, 15) is 14.4 Å². The Bertz CT molecular complexity index is 902. The highest BCUT2D eigenvalue weighted by Crippen LogP contribution is 2.21. The zero-order chi connectivity index (χ0) is 19.4. The van der Waals surface area contributed by atoms with Crippen LogP contribution in [0.5, 0.6) is 0 Å². The van der Waals surface area contributed by atoms with Gasteiger partial charge in [0.05, 0.1) is 17.7 Å². The smallest absolute Gasteiger partial charge is 0.254 e. The molecule has 3 N–H and O–H groups in total. The highest BCUT2D eigenvalue weighted by atomic mass is 35.5. The second-order valence-electron chi connectivity index (χ2n) is 6.10. The summed E-state index contributed by atoms with van der Waals surface area (Å²) in [5.41, 5.74) is 1.66. The summed E-state index contributed by atoms with van der Waals surface area (Å²) in [6.07, 6.45) is 0.371. The summed E-state index contributed by atoms with van der Waals surface area (Å²) < 4.78 is 0. The molecule has 1 aliphatic rings. The van der Waals surface area contributed by atoms with Crippen LogP contribution in [0, 0.1) is 0 Å². The van der Waals surface area contributed by atoms with Gasteiger partial charge in [0.15, 0.2) is 0 Å². The van der Waals surface area contributed by atoms with E-state index in [1.807, 2.05) is 0 Å². The first kappa shape index (κ1) is 19.2. The third-order valence-corrected chi connectivity index (χ3v) is 4.76. The van der Waals surface area contributed by atoms with Crippen molar-refractivity contribution in [3.63, 3.8) is 0 Å². The van der Waals surface area contributed by atoms with E-state index in [1.54, 1.807) is 42.5 Å². The average molecular weight is 406 g/mol. The topological polar surface area (TPSA) is 87.3 Å². The van der Waals surface area contributed by atoms with E-state index in [0.29, 0.717) is 34.3 Å². The lowest BCUT2D eigenvalue weighted by molar-refractivity contribution is -0.125. The van der Waals surface area contributed by atoms with Crippen LogP contribution in [-0.2, 0) is 16.0 Å². The molecule has 0 saturated heterocycles. The molecule has 1 aliphatic heterocycles. The number of amides is 3. The molecule has 0 aliphatic carbocycles. The number of hydrogen-bond acceptors (Lipinski definition) is 3. The molecule has 27 heavy (non-hydrogen) atoms. The average Bonchev–Trinajstić information content (AvgIpc) is 2.74. The first-order valence-corrected chi connectivity index (χ1v) is 9.11. The van der Waals surface area contributed by atoms with E-state index in [0.717, 1.165) is 5.56 Å². The molecular weight excluding hydrogens is 389 g/mol. The largest absolute Gasteiger partial charge is 0.356 e. The van der Waals surface area contributed by atoms with Crippen LogP contribution >= 0.6 is 23.2 Å². The highest BCUT2D eigenvalue weighted by Gasteiger charge is 2.29. The van der Waals surface area contributed by atoms with E-state index in [-0.39, 0.29) is 12.3 Å². The standard InChI is InChI=1S/C19H17Cl2N3O3/c20-12-6-5-11(14(21)9-12)7-8-22-17(25)10-16-19(27)23-15-4-2-1-3-13(15)18(26)24-16/h1-6,9,16H,7-8,10H2,(H,22,25)(H,23,27)(H,24,26)/t16-/m0/s1. The molecule has 0 spiro atoms. The van der Waals surface area contributed by atoms with Gasteiger partial charge in [-0.25, -0.2) is 0 Å². The van der Waals surface area contributed by atoms with Crippen LogP contribution in [0.25, 0.3) is 0 Å². The summed E-state index contributed by atoms with van der Waals surface area (Å²) in [7, 11) is 0. The molecule has 6 nitrogen and oxygen atoms in total. The summed E-state index contributed by atoms with van der Waals surface area (Å²) in [4.78, 5) is 36.7. The zero-order valence-electron chi connectivity index (χ0n) is 14.2. The van der Waals surface area contributed by atoms with E-state index in [4.69, 9.17) is 23.2 Å². The summed E-state index contributed by atoms with van der Waals surface area (Å²) >= 11 is 12.0. The quantitative estimate of drug-likeness (QED) is 0.714. The molecule has 1 heterocycles. The molecule has 0 radical (unpaired) electrons. The number of rotatable bonds is 5. The number of carbonyl (C=O) groups excluding carboxylic acids is 3. The molecule has 0 unspecified atom stereocenters. The molecule has 1 atom stereocenters. The fourth-order valence-electron chi connectivity index (χ4n) is 2.77. The molecule has 3 rings (SSSR count). The van der Waals surface area contributed by atoms with Crippen molar-refractivity contribution in [2.45, 2.75) is 18.9 Å². The fourth-order valence-corrected chi connectivity index (χ4v) is 3.28. The second kappa shape index (κ2) is 8.41. The maximum atomic E-state index is 12.3.